The summed E-state index contributed by atoms with van der Waals surface area (Å²) in [6, 6.07) is 3.31. The second-order valence-corrected chi connectivity index (χ2v) is 6.49. The quantitative estimate of drug-likeness (QED) is 0.377. The Labute approximate surface area is 104 Å². The molecule has 0 atom stereocenters. The summed E-state index contributed by atoms with van der Waals surface area (Å²) in [6.45, 7) is -0.730. The molecule has 0 saturated carbocycles. The smallest absolute Gasteiger partial charge is 0.397 e. The van der Waals surface area contributed by atoms with Crippen molar-refractivity contribution in [3.8, 4) is 5.75 Å². The van der Waals surface area contributed by atoms with Gasteiger partial charge in [0.2, 0.25) is 0 Å². The standard InChI is InChI=1S/C8H11NO7S2/c9-7-2-1-6(5-8(7)10)17(11,12)4-3-16-18(13,14)15/h1-2,5,10H,3-4,9H2,(H,13,14,15). The van der Waals surface area contributed by atoms with Crippen molar-refractivity contribution in [2.75, 3.05) is 18.1 Å². The number of nitrogens with two attached hydrogens (primary N) is 1. The number of anilines is 1. The lowest BCUT2D eigenvalue weighted by atomic mass is 10.3. The largest absolute Gasteiger partial charge is 0.506 e. The molecule has 0 amide bonds. The maximum Gasteiger partial charge on any atom is 0.397 e. The lowest BCUT2D eigenvalue weighted by molar-refractivity contribution is 0.284. The summed E-state index contributed by atoms with van der Waals surface area (Å²) in [4.78, 5) is -0.229. The third kappa shape index (κ3) is 4.14. The predicted molar refractivity (Wildman–Crippen MR) is 62.1 cm³/mol. The number of phenols is 1. The normalized spacial score (nSPS) is 12.5. The first-order chi connectivity index (χ1) is 8.12. The second-order valence-electron chi connectivity index (χ2n) is 3.29. The number of hydrogen-bond donors (Lipinski definition) is 3. The predicted octanol–water partition coefficient (Wildman–Crippen LogP) is -0.432. The van der Waals surface area contributed by atoms with Gasteiger partial charge in [0.1, 0.15) is 5.75 Å². The van der Waals surface area contributed by atoms with Crippen LogP contribution < -0.4 is 5.73 Å². The van der Waals surface area contributed by atoms with Crippen molar-refractivity contribution in [3.63, 3.8) is 0 Å². The molecule has 0 aliphatic heterocycles. The molecule has 0 unspecified atom stereocenters. The van der Waals surface area contributed by atoms with Crippen molar-refractivity contribution in [2.24, 2.45) is 0 Å². The average Bonchev–Trinajstić information content (AvgIpc) is 2.19. The zero-order valence-corrected chi connectivity index (χ0v) is 10.6. The van der Waals surface area contributed by atoms with Crippen LogP contribution in [0.1, 0.15) is 0 Å². The summed E-state index contributed by atoms with van der Waals surface area (Å²) in [5, 5.41) is 9.26. The van der Waals surface area contributed by atoms with Gasteiger partial charge in [0.05, 0.1) is 22.9 Å². The van der Waals surface area contributed by atoms with Gasteiger partial charge in [-0.1, -0.05) is 0 Å². The first-order valence-corrected chi connectivity index (χ1v) is 7.57. The highest BCUT2D eigenvalue weighted by Gasteiger charge is 2.17. The van der Waals surface area contributed by atoms with E-state index in [9.17, 15) is 21.9 Å². The number of nitrogen functional groups attached to an aromatic ring is 1. The van der Waals surface area contributed by atoms with E-state index in [0.29, 0.717) is 0 Å². The molecule has 10 heteroatoms. The van der Waals surface area contributed by atoms with Crippen molar-refractivity contribution < 1.29 is 30.7 Å². The molecule has 0 spiro atoms. The van der Waals surface area contributed by atoms with Crippen LogP contribution >= 0.6 is 0 Å². The van der Waals surface area contributed by atoms with Crippen molar-refractivity contribution in [2.45, 2.75) is 4.90 Å². The summed E-state index contributed by atoms with van der Waals surface area (Å²) >= 11 is 0. The molecule has 1 rings (SSSR count). The first-order valence-electron chi connectivity index (χ1n) is 4.55. The van der Waals surface area contributed by atoms with Crippen LogP contribution in [0.15, 0.2) is 23.1 Å². The number of benzene rings is 1. The van der Waals surface area contributed by atoms with E-state index in [2.05, 4.69) is 4.18 Å². The number of sulfone groups is 1. The highest BCUT2D eigenvalue weighted by molar-refractivity contribution is 7.91. The summed E-state index contributed by atoms with van der Waals surface area (Å²) < 4.78 is 56.0. The lowest BCUT2D eigenvalue weighted by Gasteiger charge is -2.05. The monoisotopic (exact) mass is 297 g/mol. The Kier molecular flexibility index (Phi) is 4.16. The minimum absolute atomic E-state index is 0.0168. The van der Waals surface area contributed by atoms with Crippen LogP contribution in [-0.2, 0) is 24.4 Å². The van der Waals surface area contributed by atoms with Crippen LogP contribution in [0, 0.1) is 0 Å². The van der Waals surface area contributed by atoms with Gasteiger partial charge in [0.15, 0.2) is 9.84 Å². The van der Waals surface area contributed by atoms with E-state index >= 15 is 0 Å². The molecule has 0 aromatic heterocycles. The molecule has 0 bridgehead atoms. The van der Waals surface area contributed by atoms with Crippen LogP contribution in [0.2, 0.25) is 0 Å². The van der Waals surface area contributed by atoms with Crippen molar-refractivity contribution >= 4 is 25.9 Å². The van der Waals surface area contributed by atoms with E-state index in [-0.39, 0.29) is 10.6 Å². The number of hydrogen-bond acceptors (Lipinski definition) is 7. The molecule has 1 aromatic carbocycles. The third-order valence-corrected chi connectivity index (χ3v) is 4.09. The first kappa shape index (κ1) is 14.7. The second kappa shape index (κ2) is 5.10. The maximum absolute atomic E-state index is 11.7. The van der Waals surface area contributed by atoms with E-state index in [4.69, 9.17) is 10.3 Å². The molecule has 18 heavy (non-hydrogen) atoms. The molecule has 0 fully saturated rings. The molecule has 102 valence electrons. The van der Waals surface area contributed by atoms with Gasteiger partial charge in [0, 0.05) is 6.07 Å². The molecule has 0 aliphatic rings. The Hall–Kier alpha value is -1.36. The summed E-state index contributed by atoms with van der Waals surface area (Å²) in [6.07, 6.45) is 0. The van der Waals surface area contributed by atoms with Crippen LogP contribution in [-0.4, -0.2) is 38.9 Å². The van der Waals surface area contributed by atoms with Crippen LogP contribution in [0.4, 0.5) is 5.69 Å². The topological polar surface area (TPSA) is 144 Å². The molecule has 0 radical (unpaired) electrons. The maximum atomic E-state index is 11.7. The number of aromatic hydroxyl groups is 1. The van der Waals surface area contributed by atoms with Crippen molar-refractivity contribution in [1.82, 2.24) is 0 Å². The molecular weight excluding hydrogens is 286 g/mol. The molecule has 0 saturated heterocycles. The fraction of sp³-hybridized carbons (Fsp3) is 0.250. The summed E-state index contributed by atoms with van der Waals surface area (Å²) in [7, 11) is -8.52. The summed E-state index contributed by atoms with van der Waals surface area (Å²) in [5.41, 5.74) is 5.32. The van der Waals surface area contributed by atoms with Gasteiger partial charge in [-0.2, -0.15) is 8.42 Å². The van der Waals surface area contributed by atoms with Gasteiger partial charge in [-0.3, -0.25) is 4.55 Å². The van der Waals surface area contributed by atoms with Gasteiger partial charge >= 0.3 is 10.4 Å². The fourth-order valence-electron chi connectivity index (χ4n) is 1.08. The average molecular weight is 297 g/mol. The Morgan fingerprint density at radius 1 is 1.22 bits per heavy atom. The Morgan fingerprint density at radius 2 is 1.83 bits per heavy atom. The van der Waals surface area contributed by atoms with Crippen molar-refractivity contribution in [1.29, 1.82) is 0 Å². The Bertz CT molecular complexity index is 635. The van der Waals surface area contributed by atoms with E-state index in [0.717, 1.165) is 12.1 Å². The molecule has 0 heterocycles. The van der Waals surface area contributed by atoms with E-state index in [1.807, 2.05) is 0 Å². The fourth-order valence-corrected chi connectivity index (χ4v) is 2.59. The molecular formula is C8H11NO7S2. The Balaban J connectivity index is 2.84. The lowest BCUT2D eigenvalue weighted by Crippen LogP contribution is -2.15. The van der Waals surface area contributed by atoms with Gasteiger partial charge in [0.25, 0.3) is 0 Å². The number of rotatable bonds is 5. The Morgan fingerprint density at radius 3 is 2.33 bits per heavy atom. The summed E-state index contributed by atoms with van der Waals surface area (Å²) in [5.74, 6) is -1.07. The highest BCUT2D eigenvalue weighted by Crippen LogP contribution is 2.24. The highest BCUT2D eigenvalue weighted by atomic mass is 32.3. The molecule has 4 N–H and O–H groups in total. The SMILES string of the molecule is Nc1ccc(S(=O)(=O)CCOS(=O)(=O)O)cc1O. The van der Waals surface area contributed by atoms with E-state index in [1.54, 1.807) is 0 Å². The van der Waals surface area contributed by atoms with Gasteiger partial charge in [-0.25, -0.2) is 12.6 Å². The molecule has 0 aliphatic carbocycles. The van der Waals surface area contributed by atoms with Crippen LogP contribution in [0.5, 0.6) is 5.75 Å². The molecule has 8 nitrogen and oxygen atoms in total. The van der Waals surface area contributed by atoms with Crippen LogP contribution in [0.25, 0.3) is 0 Å². The van der Waals surface area contributed by atoms with Gasteiger partial charge in [-0.05, 0) is 12.1 Å². The molecule has 1 aromatic rings. The van der Waals surface area contributed by atoms with E-state index in [1.165, 1.54) is 6.07 Å². The van der Waals surface area contributed by atoms with Crippen molar-refractivity contribution in [3.05, 3.63) is 18.2 Å². The minimum atomic E-state index is -4.68. The van der Waals surface area contributed by atoms with Gasteiger partial charge in [-0.15, -0.1) is 0 Å². The minimum Gasteiger partial charge on any atom is -0.506 e. The number of phenolic OH excluding ortho intramolecular Hbond substituents is 1. The zero-order valence-electron chi connectivity index (χ0n) is 8.98. The van der Waals surface area contributed by atoms with E-state index < -0.39 is 38.3 Å². The van der Waals surface area contributed by atoms with Gasteiger partial charge < -0.3 is 10.8 Å². The van der Waals surface area contributed by atoms with Crippen LogP contribution in [0.3, 0.4) is 0 Å². The third-order valence-electron chi connectivity index (χ3n) is 1.95. The zero-order chi connectivity index (χ0) is 14.0.